The molecule has 128 valence electrons. The number of hydrogen-bond acceptors (Lipinski definition) is 4. The van der Waals surface area contributed by atoms with Gasteiger partial charge in [-0.15, -0.1) is 12.4 Å². The molecule has 2 aromatic rings. The minimum Gasteiger partial charge on any atom is -0.329 e. The van der Waals surface area contributed by atoms with Crippen LogP contribution in [0.4, 0.5) is 0 Å². The van der Waals surface area contributed by atoms with E-state index in [1.165, 1.54) is 0 Å². The molecular formula is C16H24ClN3O2S. The first-order valence-corrected chi connectivity index (χ1v) is 8.89. The number of fused-ring (bicyclic) bond motifs is 1. The first-order chi connectivity index (χ1) is 10.3. The molecule has 0 aliphatic heterocycles. The number of benzene rings is 1. The molecule has 0 fully saturated rings. The van der Waals surface area contributed by atoms with Gasteiger partial charge in [-0.25, -0.2) is 13.1 Å². The lowest BCUT2D eigenvalue weighted by atomic mass is 10.1. The van der Waals surface area contributed by atoms with Crippen molar-refractivity contribution in [2.45, 2.75) is 38.1 Å². The van der Waals surface area contributed by atoms with Gasteiger partial charge < -0.3 is 5.73 Å². The van der Waals surface area contributed by atoms with E-state index in [0.29, 0.717) is 17.9 Å². The highest BCUT2D eigenvalue weighted by Crippen LogP contribution is 2.22. The Morgan fingerprint density at radius 2 is 2.00 bits per heavy atom. The minimum atomic E-state index is -3.65. The summed E-state index contributed by atoms with van der Waals surface area (Å²) in [5.74, 6) is 0.365. The number of aromatic nitrogens is 1. The summed E-state index contributed by atoms with van der Waals surface area (Å²) in [4.78, 5) is 4.49. The lowest BCUT2D eigenvalue weighted by molar-refractivity contribution is 0.465. The summed E-state index contributed by atoms with van der Waals surface area (Å²) in [6.07, 6.45) is 2.38. The van der Waals surface area contributed by atoms with Crippen molar-refractivity contribution < 1.29 is 8.42 Å². The van der Waals surface area contributed by atoms with Crippen LogP contribution >= 0.6 is 12.4 Å². The topological polar surface area (TPSA) is 85.1 Å². The van der Waals surface area contributed by atoms with Crippen LogP contribution in [0.15, 0.2) is 35.4 Å². The van der Waals surface area contributed by atoms with Gasteiger partial charge in [-0.3, -0.25) is 4.98 Å². The van der Waals surface area contributed by atoms with Crippen LogP contribution in [0.2, 0.25) is 0 Å². The average molecular weight is 358 g/mol. The number of para-hydroxylation sites is 1. The lowest BCUT2D eigenvalue weighted by Gasteiger charge is -2.19. The molecule has 23 heavy (non-hydrogen) atoms. The van der Waals surface area contributed by atoms with Gasteiger partial charge in [-0.1, -0.05) is 26.0 Å². The van der Waals surface area contributed by atoms with Crippen LogP contribution < -0.4 is 10.5 Å². The number of aryl methyl sites for hydroxylation is 1. The van der Waals surface area contributed by atoms with E-state index in [4.69, 9.17) is 5.73 Å². The summed E-state index contributed by atoms with van der Waals surface area (Å²) in [7, 11) is -3.65. The fraction of sp³-hybridized carbons (Fsp3) is 0.438. The lowest BCUT2D eigenvalue weighted by Crippen LogP contribution is -2.41. The Bertz CT molecular complexity index is 763. The van der Waals surface area contributed by atoms with Gasteiger partial charge in [0.05, 0.1) is 5.52 Å². The van der Waals surface area contributed by atoms with Crippen LogP contribution in [-0.4, -0.2) is 26.0 Å². The molecular weight excluding hydrogens is 334 g/mol. The van der Waals surface area contributed by atoms with E-state index in [9.17, 15) is 8.42 Å². The molecule has 2 rings (SSSR count). The standard InChI is InChI=1S/C16H23N3O2S.ClH/c1-11(2)7-14(9-17)19-22(20,21)15-6-4-5-13-8-12(3)10-18-16(13)15;/h4-6,8,10-11,14,19H,7,9,17H2,1-3H3;1H. The number of halogens is 1. The molecule has 0 aliphatic rings. The van der Waals surface area contributed by atoms with Gasteiger partial charge in [-0.05, 0) is 37.0 Å². The van der Waals surface area contributed by atoms with Gasteiger partial charge in [0.2, 0.25) is 10.0 Å². The Morgan fingerprint density at radius 1 is 1.30 bits per heavy atom. The second-order valence-electron chi connectivity index (χ2n) is 6.02. The summed E-state index contributed by atoms with van der Waals surface area (Å²) < 4.78 is 28.1. The smallest absolute Gasteiger partial charge is 0.243 e. The number of nitrogens with zero attached hydrogens (tertiary/aromatic N) is 1. The van der Waals surface area contributed by atoms with Crippen LogP contribution in [0.5, 0.6) is 0 Å². The van der Waals surface area contributed by atoms with Gasteiger partial charge in [0, 0.05) is 24.2 Å². The van der Waals surface area contributed by atoms with Crippen molar-refractivity contribution in [3.63, 3.8) is 0 Å². The Labute approximate surface area is 144 Å². The maximum Gasteiger partial charge on any atom is 0.243 e. The molecule has 1 aromatic carbocycles. The van der Waals surface area contributed by atoms with E-state index >= 15 is 0 Å². The molecule has 0 aliphatic carbocycles. The van der Waals surface area contributed by atoms with Crippen molar-refractivity contribution in [1.29, 1.82) is 0 Å². The number of nitrogens with one attached hydrogen (secondary N) is 1. The van der Waals surface area contributed by atoms with Crippen molar-refractivity contribution in [1.82, 2.24) is 9.71 Å². The van der Waals surface area contributed by atoms with E-state index in [0.717, 1.165) is 10.9 Å². The van der Waals surface area contributed by atoms with Crippen molar-refractivity contribution in [3.05, 3.63) is 36.0 Å². The van der Waals surface area contributed by atoms with Crippen LogP contribution in [0.3, 0.4) is 0 Å². The fourth-order valence-electron chi connectivity index (χ4n) is 2.50. The van der Waals surface area contributed by atoms with Crippen molar-refractivity contribution in [2.75, 3.05) is 6.54 Å². The Balaban J connectivity index is 0.00000264. The number of rotatable bonds is 6. The van der Waals surface area contributed by atoms with Crippen molar-refractivity contribution in [3.8, 4) is 0 Å². The molecule has 0 amide bonds. The Kier molecular flexibility index (Phi) is 6.95. The second kappa shape index (κ2) is 8.06. The average Bonchev–Trinajstić information content (AvgIpc) is 2.44. The van der Waals surface area contributed by atoms with Crippen LogP contribution in [0.1, 0.15) is 25.8 Å². The highest BCUT2D eigenvalue weighted by molar-refractivity contribution is 7.89. The van der Waals surface area contributed by atoms with Crippen molar-refractivity contribution in [2.24, 2.45) is 11.7 Å². The predicted octanol–water partition coefficient (Wildman–Crippen LogP) is 2.62. The summed E-state index contributed by atoms with van der Waals surface area (Å²) in [5, 5.41) is 0.816. The summed E-state index contributed by atoms with van der Waals surface area (Å²) >= 11 is 0. The Morgan fingerprint density at radius 3 is 2.61 bits per heavy atom. The Hall–Kier alpha value is -1.21. The molecule has 1 heterocycles. The number of sulfonamides is 1. The van der Waals surface area contributed by atoms with Crippen LogP contribution in [-0.2, 0) is 10.0 Å². The molecule has 7 heteroatoms. The quantitative estimate of drug-likeness (QED) is 0.832. The summed E-state index contributed by atoms with van der Waals surface area (Å²) in [6.45, 7) is 6.28. The SMILES string of the molecule is Cc1cnc2c(S(=O)(=O)NC(CN)CC(C)C)cccc2c1.Cl. The monoisotopic (exact) mass is 357 g/mol. The largest absolute Gasteiger partial charge is 0.329 e. The molecule has 0 radical (unpaired) electrons. The van der Waals surface area contributed by atoms with E-state index < -0.39 is 10.0 Å². The fourth-order valence-corrected chi connectivity index (χ4v) is 3.95. The zero-order valence-electron chi connectivity index (χ0n) is 13.6. The van der Waals surface area contributed by atoms with Gasteiger partial charge in [0.15, 0.2) is 0 Å². The van der Waals surface area contributed by atoms with Crippen LogP contribution in [0.25, 0.3) is 10.9 Å². The van der Waals surface area contributed by atoms with E-state index in [-0.39, 0.29) is 29.9 Å². The van der Waals surface area contributed by atoms with Crippen molar-refractivity contribution >= 4 is 33.3 Å². The van der Waals surface area contributed by atoms with Gasteiger partial charge in [0.1, 0.15) is 4.90 Å². The zero-order chi connectivity index (χ0) is 16.3. The molecule has 1 aromatic heterocycles. The van der Waals surface area contributed by atoms with E-state index in [2.05, 4.69) is 9.71 Å². The molecule has 0 spiro atoms. The first kappa shape index (κ1) is 19.8. The summed E-state index contributed by atoms with van der Waals surface area (Å²) in [5.41, 5.74) is 7.18. The normalized spacial score (nSPS) is 13.1. The first-order valence-electron chi connectivity index (χ1n) is 7.41. The third-order valence-corrected chi connectivity index (χ3v) is 5.01. The highest BCUT2D eigenvalue weighted by Gasteiger charge is 2.22. The molecule has 1 atom stereocenters. The molecule has 0 bridgehead atoms. The molecule has 3 N–H and O–H groups in total. The molecule has 0 saturated carbocycles. The minimum absolute atomic E-state index is 0. The second-order valence-corrected chi connectivity index (χ2v) is 7.71. The maximum atomic E-state index is 12.7. The van der Waals surface area contributed by atoms with E-state index in [1.807, 2.05) is 32.9 Å². The van der Waals surface area contributed by atoms with Gasteiger partial charge in [0.25, 0.3) is 0 Å². The van der Waals surface area contributed by atoms with Crippen LogP contribution in [0, 0.1) is 12.8 Å². The van der Waals surface area contributed by atoms with Gasteiger partial charge in [-0.2, -0.15) is 0 Å². The number of pyridine rings is 1. The highest BCUT2D eigenvalue weighted by atomic mass is 35.5. The maximum absolute atomic E-state index is 12.7. The van der Waals surface area contributed by atoms with E-state index in [1.54, 1.807) is 18.3 Å². The summed E-state index contributed by atoms with van der Waals surface area (Å²) in [6, 6.07) is 6.83. The predicted molar refractivity (Wildman–Crippen MR) is 96.3 cm³/mol. The third-order valence-electron chi connectivity index (χ3n) is 3.46. The van der Waals surface area contributed by atoms with Gasteiger partial charge >= 0.3 is 0 Å². The zero-order valence-corrected chi connectivity index (χ0v) is 15.2. The molecule has 1 unspecified atom stereocenters. The molecule has 0 saturated heterocycles. The molecule has 5 nitrogen and oxygen atoms in total. The third kappa shape index (κ3) is 4.88. The number of nitrogens with two attached hydrogens (primary N) is 1. The number of hydrogen-bond donors (Lipinski definition) is 2.